The smallest absolute Gasteiger partial charge is 0.499 e. The summed E-state index contributed by atoms with van der Waals surface area (Å²) in [5.41, 5.74) is 4.51. The average molecular weight is 963 g/mol. The number of hydrogen-bond donors (Lipinski definition) is 0. The first-order valence-electron chi connectivity index (χ1n) is 23.6. The number of nitriles is 1. The number of rotatable bonds is 12. The zero-order valence-corrected chi connectivity index (χ0v) is 35.0. The van der Waals surface area contributed by atoms with Gasteiger partial charge >= 0.3 is 20.1 Å². The Balaban J connectivity index is 0.00000642. The number of furan rings is 1. The quantitative estimate of drug-likeness (QED) is 0.114. The van der Waals surface area contributed by atoms with Crippen LogP contribution in [0.2, 0.25) is 0 Å². The van der Waals surface area contributed by atoms with Crippen LogP contribution in [0.3, 0.4) is 0 Å². The van der Waals surface area contributed by atoms with E-state index in [0.29, 0.717) is 55.9 Å². The summed E-state index contributed by atoms with van der Waals surface area (Å²) in [5, 5.41) is 11.2. The molecular weight excluding hydrogens is 913 g/mol. The van der Waals surface area contributed by atoms with Gasteiger partial charge in [0.15, 0.2) is 0 Å². The van der Waals surface area contributed by atoms with Crippen molar-refractivity contribution in [2.75, 3.05) is 0 Å². The number of pyridine rings is 3. The second-order valence-electron chi connectivity index (χ2n) is 14.7. The third-order valence-corrected chi connectivity index (χ3v) is 10.1. The summed E-state index contributed by atoms with van der Waals surface area (Å²) in [6.45, 7) is 3.92. The Morgan fingerprint density at radius 1 is 0.617 bits per heavy atom. The summed E-state index contributed by atoms with van der Waals surface area (Å²) in [4.78, 5) is 13.7. The van der Waals surface area contributed by atoms with Gasteiger partial charge < -0.3 is 19.4 Å². The van der Waals surface area contributed by atoms with Crippen LogP contribution in [0.25, 0.3) is 55.7 Å². The molecule has 292 valence electrons. The maximum absolute atomic E-state index is 9.77. The molecule has 60 heavy (non-hydrogen) atoms. The van der Waals surface area contributed by atoms with Gasteiger partial charge in [0, 0.05) is 34.9 Å². The number of nitrogens with zero attached hydrogens (tertiary/aromatic N) is 4. The second-order valence-corrected chi connectivity index (χ2v) is 14.7. The molecule has 0 bridgehead atoms. The topological polar surface area (TPSA) is 75.6 Å². The first kappa shape index (κ1) is 30.5. The van der Waals surface area contributed by atoms with E-state index in [9.17, 15) is 16.2 Å². The third kappa shape index (κ3) is 8.75. The average Bonchev–Trinajstić information content (AvgIpc) is 3.73. The number of para-hydroxylation sites is 1. The molecular formula is C54H41IrN4O. The molecule has 5 nitrogen and oxygen atoms in total. The van der Waals surface area contributed by atoms with Crippen molar-refractivity contribution in [3.8, 4) is 39.8 Å². The standard InChI is InChI=1S/C54H41N4O.Ir/c1-54(2,45-25-28-51(58-36-45)48-18-10-17-47-46-16-9-15-44(33-55)52(46)59-53(47)48)32-41-30-39(21-19-37-23-26-49(56-34-37)42-11-5-3-6-12-42)29-40(31-41)22-20-38-24-27-50(57-35-38)43-13-7-4-8-14-43;/h3-11,13,15-17,23-31,34-36H,19-22,32H2,1-2H3;/q-3;+3/i15D,19D2,20D2,21D2,22D2;. The van der Waals surface area contributed by atoms with E-state index in [4.69, 9.17) is 10.8 Å². The van der Waals surface area contributed by atoms with Gasteiger partial charge in [-0.1, -0.05) is 91.5 Å². The summed E-state index contributed by atoms with van der Waals surface area (Å²) in [7, 11) is 0. The molecule has 9 rings (SSSR count). The van der Waals surface area contributed by atoms with Crippen LogP contribution in [-0.4, -0.2) is 15.0 Å². The van der Waals surface area contributed by atoms with Crippen LogP contribution in [0, 0.1) is 29.5 Å². The normalized spacial score (nSPS) is 14.5. The number of aromatic nitrogens is 3. The van der Waals surface area contributed by atoms with Gasteiger partial charge in [-0.2, -0.15) is 5.26 Å². The van der Waals surface area contributed by atoms with Crippen molar-refractivity contribution in [2.45, 2.75) is 51.2 Å². The van der Waals surface area contributed by atoms with Gasteiger partial charge in [0.25, 0.3) is 0 Å². The van der Waals surface area contributed by atoms with Gasteiger partial charge in [-0.05, 0) is 93.8 Å². The Hall–Kier alpha value is -6.51. The maximum Gasteiger partial charge on any atom is 3.00 e. The van der Waals surface area contributed by atoms with E-state index in [1.807, 2.05) is 68.4 Å². The second kappa shape index (κ2) is 17.8. The Bertz CT molecular complexity index is 3230. The summed E-state index contributed by atoms with van der Waals surface area (Å²) in [6, 6.07) is 47.0. The molecule has 0 aliphatic heterocycles. The van der Waals surface area contributed by atoms with Crippen LogP contribution in [0.5, 0.6) is 0 Å². The monoisotopic (exact) mass is 963 g/mol. The van der Waals surface area contributed by atoms with Gasteiger partial charge in [0.2, 0.25) is 0 Å². The van der Waals surface area contributed by atoms with E-state index >= 15 is 0 Å². The fourth-order valence-electron chi connectivity index (χ4n) is 7.12. The number of benzene rings is 5. The van der Waals surface area contributed by atoms with Crippen molar-refractivity contribution in [1.29, 1.82) is 5.26 Å². The van der Waals surface area contributed by atoms with E-state index < -0.39 is 30.9 Å². The summed E-state index contributed by atoms with van der Waals surface area (Å²) < 4.78 is 89.3. The molecule has 9 aromatic rings. The van der Waals surface area contributed by atoms with Crippen LogP contribution in [-0.2, 0) is 57.4 Å². The summed E-state index contributed by atoms with van der Waals surface area (Å²) in [6.07, 6.45) is -6.45. The number of aryl methyl sites for hydroxylation is 4. The molecule has 0 aliphatic carbocycles. The minimum Gasteiger partial charge on any atom is -0.499 e. The summed E-state index contributed by atoms with van der Waals surface area (Å²) in [5.74, 6) is 0. The zero-order valence-electron chi connectivity index (χ0n) is 41.6. The third-order valence-electron chi connectivity index (χ3n) is 10.1. The molecule has 0 amide bonds. The van der Waals surface area contributed by atoms with Crippen molar-refractivity contribution < 1.29 is 36.9 Å². The Labute approximate surface area is 377 Å². The fourth-order valence-corrected chi connectivity index (χ4v) is 7.12. The Kier molecular flexibility index (Phi) is 9.04. The van der Waals surface area contributed by atoms with E-state index in [0.717, 1.165) is 10.9 Å². The van der Waals surface area contributed by atoms with E-state index in [2.05, 4.69) is 34.2 Å². The predicted octanol–water partition coefficient (Wildman–Crippen LogP) is 12.1. The molecule has 4 heterocycles. The molecule has 0 N–H and O–H groups in total. The van der Waals surface area contributed by atoms with Crippen LogP contribution >= 0.6 is 0 Å². The first-order valence-corrected chi connectivity index (χ1v) is 19.1. The zero-order chi connectivity index (χ0) is 48.2. The van der Waals surface area contributed by atoms with E-state index in [1.165, 1.54) is 42.7 Å². The number of fused-ring (bicyclic) bond motifs is 3. The number of hydrogen-bond acceptors (Lipinski definition) is 5. The molecule has 0 aliphatic rings. The molecule has 0 radical (unpaired) electrons. The van der Waals surface area contributed by atoms with Gasteiger partial charge in [0.1, 0.15) is 11.7 Å². The molecule has 0 unspecified atom stereocenters. The van der Waals surface area contributed by atoms with Crippen molar-refractivity contribution in [3.63, 3.8) is 0 Å². The molecule has 0 saturated carbocycles. The first-order chi connectivity index (χ1) is 32.3. The molecule has 5 aromatic carbocycles. The van der Waals surface area contributed by atoms with Crippen LogP contribution in [0.1, 0.15) is 65.1 Å². The van der Waals surface area contributed by atoms with Crippen molar-refractivity contribution in [3.05, 3.63) is 209 Å². The predicted molar refractivity (Wildman–Crippen MR) is 236 cm³/mol. The van der Waals surface area contributed by atoms with Crippen molar-refractivity contribution >= 4 is 21.9 Å². The molecule has 0 spiro atoms. The van der Waals surface area contributed by atoms with E-state index in [-0.39, 0.29) is 60.4 Å². The maximum atomic E-state index is 9.77. The largest absolute Gasteiger partial charge is 3.00 e. The Morgan fingerprint density at radius 2 is 1.20 bits per heavy atom. The molecule has 4 aromatic heterocycles. The van der Waals surface area contributed by atoms with Crippen LogP contribution in [0.15, 0.2) is 156 Å². The van der Waals surface area contributed by atoms with Crippen molar-refractivity contribution in [1.82, 2.24) is 15.0 Å². The Morgan fingerprint density at radius 3 is 1.75 bits per heavy atom. The van der Waals surface area contributed by atoms with Gasteiger partial charge in [-0.3, -0.25) is 0 Å². The fraction of sp³-hybridized carbons (Fsp3) is 0.148. The van der Waals surface area contributed by atoms with Crippen LogP contribution in [0.4, 0.5) is 0 Å². The van der Waals surface area contributed by atoms with Crippen LogP contribution < -0.4 is 0 Å². The minimum absolute atomic E-state index is 0. The molecule has 6 heteroatoms. The molecule has 0 saturated heterocycles. The van der Waals surface area contributed by atoms with Gasteiger partial charge in [-0.25, -0.2) is 0 Å². The van der Waals surface area contributed by atoms with Gasteiger partial charge in [0.05, 0.1) is 12.5 Å². The van der Waals surface area contributed by atoms with E-state index in [1.54, 1.807) is 48.7 Å². The molecule has 0 atom stereocenters. The molecule has 0 fully saturated rings. The van der Waals surface area contributed by atoms with Crippen molar-refractivity contribution in [2.24, 2.45) is 0 Å². The summed E-state index contributed by atoms with van der Waals surface area (Å²) >= 11 is 0. The SMILES string of the molecule is [2H]c1ccc2c(oc3c(-c4ccc(C(C)(C)Cc5cc(C([2H])([2H])C([2H])([2H])c6ccc(-c7[c-]cccc7)nc6)cc(C([2H])([2H])C([2H])([2H])c6ccc(-c7[c-]cccc7)nc6)c5)cn4)[c-]ccc32)c1C#N.[Ir+3]. The van der Waals surface area contributed by atoms with Gasteiger partial charge in [-0.15, -0.1) is 90.0 Å². The minimum atomic E-state index is -2.78.